The SMILES string of the molecule is CCOC(=O)/C=C(\C)COc1ccc(/C=C/C(C)C)cc1OC. The van der Waals surface area contributed by atoms with E-state index in [1.54, 1.807) is 14.0 Å². The average Bonchev–Trinajstić information content (AvgIpc) is 2.51. The van der Waals surface area contributed by atoms with Gasteiger partial charge in [0.1, 0.15) is 6.61 Å². The molecule has 1 aromatic carbocycles. The number of methoxy groups -OCH3 is 1. The van der Waals surface area contributed by atoms with Crippen molar-refractivity contribution >= 4 is 12.0 Å². The fourth-order valence-corrected chi connectivity index (χ4v) is 1.83. The molecule has 4 nitrogen and oxygen atoms in total. The van der Waals surface area contributed by atoms with E-state index in [9.17, 15) is 4.79 Å². The van der Waals surface area contributed by atoms with Crippen LogP contribution in [-0.2, 0) is 9.53 Å². The van der Waals surface area contributed by atoms with E-state index in [1.807, 2.05) is 25.1 Å². The Balaban J connectivity index is 2.75. The summed E-state index contributed by atoms with van der Waals surface area (Å²) in [6.45, 7) is 8.52. The Morgan fingerprint density at radius 2 is 2.00 bits per heavy atom. The third kappa shape index (κ3) is 7.04. The van der Waals surface area contributed by atoms with Crippen LogP contribution in [0.15, 0.2) is 35.9 Å². The van der Waals surface area contributed by atoms with Gasteiger partial charge in [-0.25, -0.2) is 4.79 Å². The van der Waals surface area contributed by atoms with Crippen LogP contribution >= 0.6 is 0 Å². The Kier molecular flexibility index (Phi) is 7.95. The lowest BCUT2D eigenvalue weighted by Crippen LogP contribution is -2.05. The molecule has 0 saturated carbocycles. The highest BCUT2D eigenvalue weighted by molar-refractivity contribution is 5.82. The molecule has 0 saturated heterocycles. The fourth-order valence-electron chi connectivity index (χ4n) is 1.83. The van der Waals surface area contributed by atoms with Gasteiger partial charge in [-0.05, 0) is 43.0 Å². The van der Waals surface area contributed by atoms with Crippen LogP contribution in [-0.4, -0.2) is 26.3 Å². The van der Waals surface area contributed by atoms with Crippen molar-refractivity contribution in [2.24, 2.45) is 5.92 Å². The molecule has 0 aromatic heterocycles. The van der Waals surface area contributed by atoms with Gasteiger partial charge in [-0.1, -0.05) is 32.1 Å². The normalized spacial score (nSPS) is 11.8. The molecule has 0 aliphatic heterocycles. The smallest absolute Gasteiger partial charge is 0.330 e. The van der Waals surface area contributed by atoms with E-state index in [2.05, 4.69) is 26.0 Å². The van der Waals surface area contributed by atoms with Crippen LogP contribution in [0.5, 0.6) is 11.5 Å². The summed E-state index contributed by atoms with van der Waals surface area (Å²) < 4.78 is 16.0. The molecule has 126 valence electrons. The summed E-state index contributed by atoms with van der Waals surface area (Å²) in [5.74, 6) is 1.45. The van der Waals surface area contributed by atoms with Crippen LogP contribution in [0.25, 0.3) is 6.08 Å². The van der Waals surface area contributed by atoms with E-state index < -0.39 is 0 Å². The lowest BCUT2D eigenvalue weighted by molar-refractivity contribution is -0.137. The van der Waals surface area contributed by atoms with Crippen LogP contribution in [0, 0.1) is 5.92 Å². The van der Waals surface area contributed by atoms with Crippen LogP contribution in [0.1, 0.15) is 33.3 Å². The molecular weight excluding hydrogens is 292 g/mol. The minimum atomic E-state index is -0.352. The van der Waals surface area contributed by atoms with E-state index in [0.29, 0.717) is 30.6 Å². The van der Waals surface area contributed by atoms with Crippen molar-refractivity contribution in [3.8, 4) is 11.5 Å². The Labute approximate surface area is 138 Å². The van der Waals surface area contributed by atoms with E-state index in [0.717, 1.165) is 11.1 Å². The van der Waals surface area contributed by atoms with Crippen molar-refractivity contribution in [2.75, 3.05) is 20.3 Å². The molecule has 0 radical (unpaired) electrons. The van der Waals surface area contributed by atoms with Crippen LogP contribution in [0.2, 0.25) is 0 Å². The molecule has 0 aliphatic carbocycles. The quantitative estimate of drug-likeness (QED) is 0.531. The highest BCUT2D eigenvalue weighted by Gasteiger charge is 2.06. The lowest BCUT2D eigenvalue weighted by Gasteiger charge is -2.11. The van der Waals surface area contributed by atoms with Gasteiger partial charge in [-0.3, -0.25) is 0 Å². The van der Waals surface area contributed by atoms with Crippen molar-refractivity contribution in [3.05, 3.63) is 41.5 Å². The van der Waals surface area contributed by atoms with Crippen LogP contribution in [0.3, 0.4) is 0 Å². The van der Waals surface area contributed by atoms with Gasteiger partial charge in [0.15, 0.2) is 11.5 Å². The fraction of sp³-hybridized carbons (Fsp3) is 0.421. The Morgan fingerprint density at radius 1 is 1.26 bits per heavy atom. The van der Waals surface area contributed by atoms with Crippen LogP contribution < -0.4 is 9.47 Å². The van der Waals surface area contributed by atoms with Crippen molar-refractivity contribution in [3.63, 3.8) is 0 Å². The number of hydrogen-bond donors (Lipinski definition) is 0. The van der Waals surface area contributed by atoms with E-state index in [1.165, 1.54) is 6.08 Å². The number of ether oxygens (including phenoxy) is 3. The first kappa shape index (κ1) is 18.8. The van der Waals surface area contributed by atoms with Crippen molar-refractivity contribution in [1.82, 2.24) is 0 Å². The predicted molar refractivity (Wildman–Crippen MR) is 92.8 cm³/mol. The minimum absolute atomic E-state index is 0.302. The second kappa shape index (κ2) is 9.72. The van der Waals surface area contributed by atoms with Crippen molar-refractivity contribution in [1.29, 1.82) is 0 Å². The maximum absolute atomic E-state index is 11.4. The zero-order valence-corrected chi connectivity index (χ0v) is 14.6. The summed E-state index contributed by atoms with van der Waals surface area (Å²) in [6.07, 6.45) is 5.63. The van der Waals surface area contributed by atoms with Crippen molar-refractivity contribution in [2.45, 2.75) is 27.7 Å². The van der Waals surface area contributed by atoms with Gasteiger partial charge in [0.05, 0.1) is 13.7 Å². The first-order valence-corrected chi connectivity index (χ1v) is 7.79. The molecule has 0 fully saturated rings. The zero-order valence-electron chi connectivity index (χ0n) is 14.6. The number of carbonyl (C=O) groups is 1. The predicted octanol–water partition coefficient (Wildman–Crippen LogP) is 4.25. The molecule has 0 amide bonds. The molecule has 23 heavy (non-hydrogen) atoms. The summed E-state index contributed by atoms with van der Waals surface area (Å²) in [5, 5.41) is 0. The average molecular weight is 318 g/mol. The molecule has 0 spiro atoms. The van der Waals surface area contributed by atoms with E-state index in [-0.39, 0.29) is 5.97 Å². The van der Waals surface area contributed by atoms with Gasteiger partial charge in [0.2, 0.25) is 0 Å². The summed E-state index contributed by atoms with van der Waals surface area (Å²) >= 11 is 0. The summed E-state index contributed by atoms with van der Waals surface area (Å²) in [7, 11) is 1.61. The molecule has 0 atom stereocenters. The van der Waals surface area contributed by atoms with Gasteiger partial charge in [-0.2, -0.15) is 0 Å². The molecule has 0 N–H and O–H groups in total. The molecule has 1 rings (SSSR count). The van der Waals surface area contributed by atoms with E-state index in [4.69, 9.17) is 14.2 Å². The van der Waals surface area contributed by atoms with Gasteiger partial charge in [0, 0.05) is 6.08 Å². The molecule has 0 aliphatic rings. The molecular formula is C19H26O4. The minimum Gasteiger partial charge on any atom is -0.493 e. The Bertz CT molecular complexity index is 571. The number of carbonyl (C=O) groups excluding carboxylic acids is 1. The van der Waals surface area contributed by atoms with Gasteiger partial charge >= 0.3 is 5.97 Å². The summed E-state index contributed by atoms with van der Waals surface area (Å²) in [6, 6.07) is 5.77. The van der Waals surface area contributed by atoms with Crippen LogP contribution in [0.4, 0.5) is 0 Å². The summed E-state index contributed by atoms with van der Waals surface area (Å²) in [4.78, 5) is 11.4. The molecule has 1 aromatic rings. The summed E-state index contributed by atoms with van der Waals surface area (Å²) in [5.41, 5.74) is 1.84. The topological polar surface area (TPSA) is 44.8 Å². The highest BCUT2D eigenvalue weighted by atomic mass is 16.5. The molecule has 0 heterocycles. The maximum atomic E-state index is 11.4. The number of benzene rings is 1. The third-order valence-corrected chi connectivity index (χ3v) is 2.97. The number of rotatable bonds is 8. The second-order valence-electron chi connectivity index (χ2n) is 5.54. The highest BCUT2D eigenvalue weighted by Crippen LogP contribution is 2.29. The number of esters is 1. The van der Waals surface area contributed by atoms with Crippen molar-refractivity contribution < 1.29 is 19.0 Å². The molecule has 0 unspecified atom stereocenters. The number of allylic oxidation sites excluding steroid dienone is 1. The first-order valence-electron chi connectivity index (χ1n) is 7.79. The van der Waals surface area contributed by atoms with Gasteiger partial charge in [0.25, 0.3) is 0 Å². The standard InChI is InChI=1S/C19H26O4/c1-6-22-19(20)11-15(4)13-23-17-10-9-16(8-7-14(2)3)12-18(17)21-5/h7-12,14H,6,13H2,1-5H3/b8-7+,15-11+. The van der Waals surface area contributed by atoms with Gasteiger partial charge in [-0.15, -0.1) is 0 Å². The Morgan fingerprint density at radius 3 is 2.61 bits per heavy atom. The lowest BCUT2D eigenvalue weighted by atomic mass is 10.1. The van der Waals surface area contributed by atoms with E-state index >= 15 is 0 Å². The van der Waals surface area contributed by atoms with Gasteiger partial charge < -0.3 is 14.2 Å². The second-order valence-corrected chi connectivity index (χ2v) is 5.54. The zero-order chi connectivity index (χ0) is 17.2. The third-order valence-electron chi connectivity index (χ3n) is 2.97. The maximum Gasteiger partial charge on any atom is 0.330 e. The largest absolute Gasteiger partial charge is 0.493 e. The molecule has 4 heteroatoms. The first-order chi connectivity index (χ1) is 11.0. The molecule has 0 bridgehead atoms. The Hall–Kier alpha value is -2.23. The number of hydrogen-bond acceptors (Lipinski definition) is 4. The monoisotopic (exact) mass is 318 g/mol.